The highest BCUT2D eigenvalue weighted by atomic mass is 35.5. The highest BCUT2D eigenvalue weighted by Crippen LogP contribution is 2.37. The number of rotatable bonds is 5. The molecule has 1 saturated carbocycles. The Morgan fingerprint density at radius 2 is 1.97 bits per heavy atom. The van der Waals surface area contributed by atoms with E-state index in [1.165, 1.54) is 30.7 Å². The van der Waals surface area contributed by atoms with Gasteiger partial charge in [-0.1, -0.05) is 18.5 Å². The van der Waals surface area contributed by atoms with Gasteiger partial charge in [-0.15, -0.1) is 0 Å². The number of halogens is 2. The van der Waals surface area contributed by atoms with Crippen LogP contribution in [0.25, 0.3) is 0 Å². The number of nitrogens with one attached hydrogen (secondary N) is 2. The van der Waals surface area contributed by atoms with Gasteiger partial charge in [0.2, 0.25) is 0 Å². The first-order valence-electron chi connectivity index (χ1n) is 9.70. The van der Waals surface area contributed by atoms with E-state index in [0.717, 1.165) is 18.9 Å². The fourth-order valence-corrected chi connectivity index (χ4v) is 4.59. The number of hydrogen-bond donors (Lipinski definition) is 2. The molecule has 9 heteroatoms. The van der Waals surface area contributed by atoms with Gasteiger partial charge in [0.15, 0.2) is 0 Å². The van der Waals surface area contributed by atoms with Gasteiger partial charge in [-0.3, -0.25) is 14.4 Å². The Kier molecular flexibility index (Phi) is 5.92. The molecule has 2 aromatic rings. The maximum atomic E-state index is 13.5. The van der Waals surface area contributed by atoms with Gasteiger partial charge in [-0.25, -0.2) is 4.39 Å². The number of aromatic nitrogens is 1. The fraction of sp³-hybridized carbons (Fsp3) is 0.364. The smallest absolute Gasteiger partial charge is 0.294 e. The van der Waals surface area contributed by atoms with Crippen molar-refractivity contribution < 1.29 is 18.8 Å². The third-order valence-electron chi connectivity index (χ3n) is 5.57. The number of hydrogen-bond acceptors (Lipinski definition) is 4. The van der Waals surface area contributed by atoms with E-state index in [9.17, 15) is 18.8 Å². The standard InChI is InChI=1S/C22H22ClFN4O3/c1-11-8-22(3,9-11)27-21(31)18(29)17-12(2)16(19(23)28(17)4)20(30)26-14-5-6-15(24)13(7-14)10-25/h5-7,11H,8-9H2,1-4H3,(H,26,30)(H,27,31). The lowest BCUT2D eigenvalue weighted by atomic mass is 9.70. The summed E-state index contributed by atoms with van der Waals surface area (Å²) in [5.41, 5.74) is -0.164. The lowest BCUT2D eigenvalue weighted by Gasteiger charge is -2.44. The molecule has 2 N–H and O–H groups in total. The molecular formula is C22H22ClFN4O3. The van der Waals surface area contributed by atoms with Crippen LogP contribution in [0.15, 0.2) is 18.2 Å². The molecule has 0 bridgehead atoms. The van der Waals surface area contributed by atoms with Crippen molar-refractivity contribution in [3.63, 3.8) is 0 Å². The number of nitriles is 1. The topological polar surface area (TPSA) is 104 Å². The zero-order chi connectivity index (χ0) is 23.1. The van der Waals surface area contributed by atoms with Crippen LogP contribution in [-0.2, 0) is 11.8 Å². The maximum Gasteiger partial charge on any atom is 0.294 e. The first kappa shape index (κ1) is 22.5. The highest BCUT2D eigenvalue weighted by molar-refractivity contribution is 6.44. The molecule has 2 amide bonds. The summed E-state index contributed by atoms with van der Waals surface area (Å²) in [6.07, 6.45) is 1.57. The minimum Gasteiger partial charge on any atom is -0.344 e. The zero-order valence-corrected chi connectivity index (χ0v) is 18.4. The molecule has 162 valence electrons. The molecule has 0 saturated heterocycles. The summed E-state index contributed by atoms with van der Waals surface area (Å²) < 4.78 is 14.8. The third-order valence-corrected chi connectivity index (χ3v) is 6.02. The zero-order valence-electron chi connectivity index (χ0n) is 17.6. The average molecular weight is 445 g/mol. The van der Waals surface area contributed by atoms with Crippen LogP contribution in [0.5, 0.6) is 0 Å². The van der Waals surface area contributed by atoms with Crippen LogP contribution in [0.2, 0.25) is 5.15 Å². The fourth-order valence-electron chi connectivity index (χ4n) is 4.28. The quantitative estimate of drug-likeness (QED) is 0.541. The molecule has 0 aliphatic heterocycles. The van der Waals surface area contributed by atoms with Gasteiger partial charge in [0.25, 0.3) is 17.6 Å². The Hall–Kier alpha value is -3.18. The molecule has 7 nitrogen and oxygen atoms in total. The second-order valence-corrected chi connectivity index (χ2v) is 8.67. The molecular weight excluding hydrogens is 423 g/mol. The molecule has 3 rings (SSSR count). The van der Waals surface area contributed by atoms with E-state index in [-0.39, 0.29) is 33.2 Å². The largest absolute Gasteiger partial charge is 0.344 e. The van der Waals surface area contributed by atoms with Gasteiger partial charge in [0.1, 0.15) is 17.0 Å². The van der Waals surface area contributed by atoms with Gasteiger partial charge in [-0.2, -0.15) is 5.26 Å². The van der Waals surface area contributed by atoms with Crippen molar-refractivity contribution >= 4 is 34.9 Å². The third kappa shape index (κ3) is 4.19. The Morgan fingerprint density at radius 3 is 2.55 bits per heavy atom. The summed E-state index contributed by atoms with van der Waals surface area (Å²) in [7, 11) is 1.49. The predicted octanol–water partition coefficient (Wildman–Crippen LogP) is 3.74. The van der Waals surface area contributed by atoms with Crippen molar-refractivity contribution in [1.82, 2.24) is 9.88 Å². The Bertz CT molecular complexity index is 1140. The second-order valence-electron chi connectivity index (χ2n) is 8.32. The van der Waals surface area contributed by atoms with Crippen molar-refractivity contribution in [3.05, 3.63) is 51.6 Å². The van der Waals surface area contributed by atoms with E-state index in [1.807, 2.05) is 6.92 Å². The average Bonchev–Trinajstić information content (AvgIpc) is 2.90. The van der Waals surface area contributed by atoms with E-state index in [4.69, 9.17) is 16.9 Å². The normalized spacial score (nSPS) is 19.8. The molecule has 0 unspecified atom stereocenters. The van der Waals surface area contributed by atoms with Crippen molar-refractivity contribution in [2.24, 2.45) is 13.0 Å². The van der Waals surface area contributed by atoms with Crippen molar-refractivity contribution in [2.75, 3.05) is 5.32 Å². The first-order chi connectivity index (χ1) is 14.5. The minimum absolute atomic E-state index is 0.0143. The second kappa shape index (κ2) is 8.16. The molecule has 1 aliphatic rings. The van der Waals surface area contributed by atoms with Crippen LogP contribution >= 0.6 is 11.6 Å². The summed E-state index contributed by atoms with van der Waals surface area (Å²) in [4.78, 5) is 38.2. The number of anilines is 1. The van der Waals surface area contributed by atoms with Crippen LogP contribution < -0.4 is 10.6 Å². The number of carbonyl (C=O) groups excluding carboxylic acids is 3. The van der Waals surface area contributed by atoms with Crippen molar-refractivity contribution in [2.45, 2.75) is 39.2 Å². The lowest BCUT2D eigenvalue weighted by molar-refractivity contribution is -0.120. The van der Waals surface area contributed by atoms with E-state index in [2.05, 4.69) is 17.6 Å². The van der Waals surface area contributed by atoms with Gasteiger partial charge < -0.3 is 15.2 Å². The van der Waals surface area contributed by atoms with Crippen molar-refractivity contribution in [3.8, 4) is 6.07 Å². The molecule has 1 heterocycles. The summed E-state index contributed by atoms with van der Waals surface area (Å²) in [5.74, 6) is -2.40. The van der Waals surface area contributed by atoms with Gasteiger partial charge in [0, 0.05) is 18.3 Å². The van der Waals surface area contributed by atoms with Gasteiger partial charge in [0.05, 0.1) is 16.8 Å². The summed E-state index contributed by atoms with van der Waals surface area (Å²) in [6, 6.07) is 5.26. The molecule has 31 heavy (non-hydrogen) atoms. The molecule has 1 fully saturated rings. The number of ketones is 1. The predicted molar refractivity (Wildman–Crippen MR) is 114 cm³/mol. The molecule has 0 spiro atoms. The number of Topliss-reactive ketones (excluding diaryl/α,β-unsaturated/α-hetero) is 1. The Morgan fingerprint density at radius 1 is 1.32 bits per heavy atom. The molecule has 0 atom stereocenters. The van der Waals surface area contributed by atoms with E-state index in [0.29, 0.717) is 5.92 Å². The van der Waals surface area contributed by atoms with Crippen LogP contribution in [-0.4, -0.2) is 27.7 Å². The van der Waals surface area contributed by atoms with E-state index in [1.54, 1.807) is 6.07 Å². The molecule has 1 aliphatic carbocycles. The Balaban J connectivity index is 1.86. The van der Waals surface area contributed by atoms with Crippen molar-refractivity contribution in [1.29, 1.82) is 5.26 Å². The van der Waals surface area contributed by atoms with E-state index < -0.39 is 29.0 Å². The van der Waals surface area contributed by atoms with Crippen LogP contribution in [0.3, 0.4) is 0 Å². The Labute approximate surface area is 184 Å². The molecule has 0 radical (unpaired) electrons. The first-order valence-corrected chi connectivity index (χ1v) is 10.1. The summed E-state index contributed by atoms with van der Waals surface area (Å²) >= 11 is 6.31. The lowest BCUT2D eigenvalue weighted by Crippen LogP contribution is -2.56. The summed E-state index contributed by atoms with van der Waals surface area (Å²) in [6.45, 7) is 5.49. The van der Waals surface area contributed by atoms with Crippen LogP contribution in [0, 0.1) is 30.0 Å². The minimum atomic E-state index is -0.782. The maximum absolute atomic E-state index is 13.5. The van der Waals surface area contributed by atoms with Gasteiger partial charge >= 0.3 is 0 Å². The number of nitrogens with zero attached hydrogens (tertiary/aromatic N) is 2. The molecule has 1 aromatic heterocycles. The van der Waals surface area contributed by atoms with E-state index >= 15 is 0 Å². The van der Waals surface area contributed by atoms with Crippen LogP contribution in [0.1, 0.15) is 58.7 Å². The summed E-state index contributed by atoms with van der Waals surface area (Å²) in [5, 5.41) is 14.3. The van der Waals surface area contributed by atoms with Gasteiger partial charge in [-0.05, 0) is 56.4 Å². The number of benzene rings is 1. The number of carbonyl (C=O) groups is 3. The molecule has 1 aromatic carbocycles. The monoisotopic (exact) mass is 444 g/mol. The number of amides is 2. The van der Waals surface area contributed by atoms with Crippen LogP contribution in [0.4, 0.5) is 10.1 Å². The highest BCUT2D eigenvalue weighted by Gasteiger charge is 2.40. The SMILES string of the molecule is Cc1c(C(=O)Nc2ccc(F)c(C#N)c2)c(Cl)n(C)c1C(=O)C(=O)NC1(C)CC(C)C1.